The fourth-order valence-corrected chi connectivity index (χ4v) is 12.6. The third-order valence-corrected chi connectivity index (χ3v) is 15.9. The molecular weight excluding hydrogens is 626 g/mol. The molecule has 2 aromatic rings. The van der Waals surface area contributed by atoms with E-state index in [1.165, 1.54) is 74.2 Å². The molecule has 2 aliphatic carbocycles. The van der Waals surface area contributed by atoms with Gasteiger partial charge in [0.05, 0.1) is 6.61 Å². The van der Waals surface area contributed by atoms with Crippen molar-refractivity contribution in [1.29, 1.82) is 0 Å². The van der Waals surface area contributed by atoms with E-state index >= 15 is 0 Å². The zero-order chi connectivity index (χ0) is 35.7. The summed E-state index contributed by atoms with van der Waals surface area (Å²) in [6.45, 7) is 33.1. The molecule has 2 atom stereocenters. The molecule has 0 N–H and O–H groups in total. The molecule has 48 heavy (non-hydrogen) atoms. The SMILES string of the molecule is C/C(=C\c1c(CC(C)(C)C)op(OCCC(C)CP(C2CCCC2)C2CCCC2)oc2c(C(C)(C)C)cc(C(C)(C)C)cc12)C(C)(C)C. The molecule has 0 aliphatic heterocycles. The van der Waals surface area contributed by atoms with Crippen LogP contribution in [-0.4, -0.2) is 24.1 Å². The summed E-state index contributed by atoms with van der Waals surface area (Å²) in [5.41, 5.74) is 7.98. The summed E-state index contributed by atoms with van der Waals surface area (Å²) < 4.78 is 20.7. The molecule has 0 bridgehead atoms. The van der Waals surface area contributed by atoms with Gasteiger partial charge in [-0.05, 0) is 95.7 Å². The molecular formula is C43H72O3P2. The summed E-state index contributed by atoms with van der Waals surface area (Å²) in [6.07, 6.45) is 17.5. The van der Waals surface area contributed by atoms with Crippen LogP contribution in [0.3, 0.4) is 0 Å². The van der Waals surface area contributed by atoms with Gasteiger partial charge in [-0.2, -0.15) is 0 Å². The van der Waals surface area contributed by atoms with E-state index in [4.69, 9.17) is 12.9 Å². The molecule has 3 nitrogen and oxygen atoms in total. The maximum absolute atomic E-state index is 7.00. The summed E-state index contributed by atoms with van der Waals surface area (Å²) in [5.74, 6) is 1.67. The van der Waals surface area contributed by atoms with E-state index in [-0.39, 0.29) is 29.6 Å². The Morgan fingerprint density at radius 1 is 0.854 bits per heavy atom. The highest BCUT2D eigenvalue weighted by Crippen LogP contribution is 2.58. The third kappa shape index (κ3) is 10.8. The van der Waals surface area contributed by atoms with Crippen LogP contribution >= 0.6 is 16.2 Å². The lowest BCUT2D eigenvalue weighted by Gasteiger charge is -2.32. The molecule has 1 aromatic carbocycles. The van der Waals surface area contributed by atoms with Crippen LogP contribution in [0, 0.1) is 16.7 Å². The van der Waals surface area contributed by atoms with Gasteiger partial charge in [-0.15, -0.1) is 7.92 Å². The maximum Gasteiger partial charge on any atom is 0.387 e. The lowest BCUT2D eigenvalue weighted by atomic mass is 9.78. The first-order valence-electron chi connectivity index (χ1n) is 19.3. The molecule has 5 heteroatoms. The number of benzene rings is 1. The van der Waals surface area contributed by atoms with Crippen LogP contribution in [0.25, 0.3) is 17.0 Å². The second-order valence-corrected chi connectivity index (χ2v) is 23.7. The Morgan fingerprint density at radius 3 is 1.90 bits per heavy atom. The highest BCUT2D eigenvalue weighted by Gasteiger charge is 2.34. The fourth-order valence-electron chi connectivity index (χ4n) is 7.40. The Hall–Kier alpha value is -1.01. The van der Waals surface area contributed by atoms with Gasteiger partial charge >= 0.3 is 8.24 Å². The molecule has 2 saturated carbocycles. The van der Waals surface area contributed by atoms with Crippen LogP contribution in [0.2, 0.25) is 0 Å². The summed E-state index contributed by atoms with van der Waals surface area (Å²) >= 11 is 0. The van der Waals surface area contributed by atoms with Crippen molar-refractivity contribution in [2.24, 2.45) is 16.7 Å². The Labute approximate surface area is 298 Å². The summed E-state index contributed by atoms with van der Waals surface area (Å²) in [7, 11) is -1.48. The molecule has 2 aliphatic rings. The summed E-state index contributed by atoms with van der Waals surface area (Å²) in [5, 5.41) is 1.15. The minimum absolute atomic E-state index is 0.00590. The number of rotatable bonds is 10. The standard InChI is InChI=1S/C43H72O3P2/c1-30(29-47(33-19-15-16-20-33)34-21-17-18-22-34)23-24-44-48-45-38(28-40(3,4)5)35(25-31(2)41(6,7)8)36-26-32(42(9,10)11)27-37(39(36)46-48)43(12,13)14/h25-27,30,33-34H,15-24,28-29H2,1-14H3/b31-25+. The lowest BCUT2D eigenvalue weighted by molar-refractivity contribution is 0.322. The van der Waals surface area contributed by atoms with Gasteiger partial charge in [0.2, 0.25) is 0 Å². The molecule has 0 amide bonds. The normalized spacial score (nSPS) is 18.8. The van der Waals surface area contributed by atoms with Crippen molar-refractivity contribution in [3.05, 3.63) is 40.2 Å². The third-order valence-electron chi connectivity index (χ3n) is 10.9. The van der Waals surface area contributed by atoms with Gasteiger partial charge < -0.3 is 8.39 Å². The van der Waals surface area contributed by atoms with Crippen LogP contribution in [0.5, 0.6) is 0 Å². The second kappa shape index (κ2) is 15.7. The maximum atomic E-state index is 7.00. The molecule has 1 aromatic heterocycles. The monoisotopic (exact) mass is 698 g/mol. The molecule has 0 spiro atoms. The largest absolute Gasteiger partial charge is 0.403 e. The topological polar surface area (TPSA) is 35.5 Å². The van der Waals surface area contributed by atoms with Gasteiger partial charge in [-0.3, -0.25) is 4.52 Å². The van der Waals surface area contributed by atoms with E-state index in [1.807, 2.05) is 0 Å². The minimum atomic E-state index is -1.61. The minimum Gasteiger partial charge on any atom is -0.403 e. The predicted octanol–water partition coefficient (Wildman–Crippen LogP) is 14.6. The van der Waals surface area contributed by atoms with E-state index in [2.05, 4.69) is 115 Å². The van der Waals surface area contributed by atoms with Crippen LogP contribution < -0.4 is 4.52 Å². The van der Waals surface area contributed by atoms with Crippen molar-refractivity contribution in [2.45, 2.75) is 183 Å². The zero-order valence-electron chi connectivity index (χ0n) is 33.6. The molecule has 0 radical (unpaired) electrons. The van der Waals surface area contributed by atoms with Gasteiger partial charge in [0.1, 0.15) is 11.3 Å². The highest BCUT2D eigenvalue weighted by molar-refractivity contribution is 7.59. The summed E-state index contributed by atoms with van der Waals surface area (Å²) in [4.78, 5) is 0. The Kier molecular flexibility index (Phi) is 13.0. The van der Waals surface area contributed by atoms with E-state index in [0.29, 0.717) is 12.5 Å². The van der Waals surface area contributed by atoms with Crippen molar-refractivity contribution in [3.8, 4) is 0 Å². The van der Waals surface area contributed by atoms with Crippen molar-refractivity contribution in [2.75, 3.05) is 12.8 Å². The van der Waals surface area contributed by atoms with Gasteiger partial charge in [0.15, 0.2) is 0 Å². The van der Waals surface area contributed by atoms with Crippen molar-refractivity contribution >= 4 is 33.2 Å². The summed E-state index contributed by atoms with van der Waals surface area (Å²) in [6, 6.07) is 4.77. The van der Waals surface area contributed by atoms with Crippen LogP contribution in [-0.2, 0) is 17.3 Å². The van der Waals surface area contributed by atoms with Crippen LogP contribution in [0.1, 0.15) is 177 Å². The van der Waals surface area contributed by atoms with Crippen molar-refractivity contribution in [3.63, 3.8) is 0 Å². The average Bonchev–Trinajstić information content (AvgIpc) is 3.65. The first-order chi connectivity index (χ1) is 22.1. The van der Waals surface area contributed by atoms with Gasteiger partial charge in [0.25, 0.3) is 0 Å². The van der Waals surface area contributed by atoms with Gasteiger partial charge in [-0.1, -0.05) is 133 Å². The van der Waals surface area contributed by atoms with Gasteiger partial charge in [-0.25, -0.2) is 0 Å². The average molecular weight is 699 g/mol. The predicted molar refractivity (Wildman–Crippen MR) is 214 cm³/mol. The van der Waals surface area contributed by atoms with Crippen LogP contribution in [0.15, 0.2) is 26.1 Å². The molecule has 2 unspecified atom stereocenters. The Bertz CT molecular complexity index is 1410. The number of hydrogen-bond donors (Lipinski definition) is 0. The number of fused-ring (bicyclic) bond motifs is 1. The fraction of sp³-hybridized carbons (Fsp3) is 0.767. The van der Waals surface area contributed by atoms with E-state index < -0.39 is 8.24 Å². The zero-order valence-corrected chi connectivity index (χ0v) is 35.4. The van der Waals surface area contributed by atoms with E-state index in [9.17, 15) is 0 Å². The molecule has 0 saturated heterocycles. The molecule has 2 fully saturated rings. The van der Waals surface area contributed by atoms with Gasteiger partial charge in [0, 0.05) is 22.9 Å². The Morgan fingerprint density at radius 2 is 1.42 bits per heavy atom. The van der Waals surface area contributed by atoms with E-state index in [0.717, 1.165) is 46.5 Å². The quantitative estimate of drug-likeness (QED) is 0.232. The first-order valence-corrected chi connectivity index (χ1v) is 22.1. The molecule has 4 rings (SSSR count). The smallest absolute Gasteiger partial charge is 0.387 e. The Balaban J connectivity index is 1.80. The number of hydrogen-bond acceptors (Lipinski definition) is 3. The van der Waals surface area contributed by atoms with E-state index in [1.54, 1.807) is 0 Å². The van der Waals surface area contributed by atoms with Crippen LogP contribution in [0.4, 0.5) is 0 Å². The first kappa shape index (κ1) is 39.8. The molecule has 1 heterocycles. The van der Waals surface area contributed by atoms with Crippen molar-refractivity contribution < 1.29 is 12.9 Å². The van der Waals surface area contributed by atoms with Crippen molar-refractivity contribution in [1.82, 2.24) is 0 Å². The number of allylic oxidation sites excluding steroid dienone is 1. The second-order valence-electron chi connectivity index (χ2n) is 19.8. The molecule has 272 valence electrons. The highest BCUT2D eigenvalue weighted by atomic mass is 31.1. The lowest BCUT2D eigenvalue weighted by Crippen LogP contribution is -2.17.